The molecule has 1 aliphatic carbocycles. The predicted octanol–water partition coefficient (Wildman–Crippen LogP) is 2.78. The van der Waals surface area contributed by atoms with Crippen molar-refractivity contribution in [1.82, 2.24) is 0 Å². The van der Waals surface area contributed by atoms with Crippen molar-refractivity contribution < 1.29 is 9.53 Å². The Morgan fingerprint density at radius 1 is 1.47 bits per heavy atom. The van der Waals surface area contributed by atoms with Crippen molar-refractivity contribution in [1.29, 1.82) is 0 Å². The molecule has 0 aliphatic heterocycles. The van der Waals surface area contributed by atoms with Gasteiger partial charge in [-0.25, -0.2) is 0 Å². The van der Waals surface area contributed by atoms with E-state index < -0.39 is 0 Å². The molecule has 0 spiro atoms. The molecule has 0 heterocycles. The molecule has 0 saturated heterocycles. The van der Waals surface area contributed by atoms with E-state index in [4.69, 9.17) is 4.74 Å². The van der Waals surface area contributed by atoms with Crippen LogP contribution in [0.15, 0.2) is 24.3 Å². The Kier molecular flexibility index (Phi) is 3.05. The third-order valence-corrected chi connectivity index (χ3v) is 3.28. The van der Waals surface area contributed by atoms with Gasteiger partial charge < -0.3 is 9.53 Å². The standard InChI is InChI=1S/C13H16O2/c1-15-12-7-3-6-11(8-12)13(9-14)10-4-2-5-10/h3,6-10,13H,2,4-5H2,1H3. The number of benzene rings is 1. The Hall–Kier alpha value is -1.31. The fourth-order valence-corrected chi connectivity index (χ4v) is 2.11. The molecule has 2 nitrogen and oxygen atoms in total. The van der Waals surface area contributed by atoms with Gasteiger partial charge in [0.25, 0.3) is 0 Å². The lowest BCUT2D eigenvalue weighted by molar-refractivity contribution is -0.110. The van der Waals surface area contributed by atoms with Gasteiger partial charge in [0.1, 0.15) is 12.0 Å². The van der Waals surface area contributed by atoms with Crippen LogP contribution in [0.4, 0.5) is 0 Å². The predicted molar refractivity (Wildman–Crippen MR) is 59.1 cm³/mol. The zero-order valence-corrected chi connectivity index (χ0v) is 8.98. The number of carbonyl (C=O) groups is 1. The number of carbonyl (C=O) groups excluding carboxylic acids is 1. The molecule has 1 unspecified atom stereocenters. The van der Waals surface area contributed by atoms with Gasteiger partial charge in [-0.05, 0) is 36.5 Å². The maximum Gasteiger partial charge on any atom is 0.127 e. The Bertz CT molecular complexity index is 342. The van der Waals surface area contributed by atoms with Crippen LogP contribution in [0.5, 0.6) is 5.75 Å². The number of methoxy groups -OCH3 is 1. The van der Waals surface area contributed by atoms with E-state index >= 15 is 0 Å². The van der Waals surface area contributed by atoms with Crippen molar-refractivity contribution >= 4 is 6.29 Å². The smallest absolute Gasteiger partial charge is 0.127 e. The summed E-state index contributed by atoms with van der Waals surface area (Å²) in [7, 11) is 1.65. The van der Waals surface area contributed by atoms with E-state index in [1.54, 1.807) is 7.11 Å². The first-order chi connectivity index (χ1) is 7.35. The molecule has 0 radical (unpaired) electrons. The van der Waals surface area contributed by atoms with Crippen molar-refractivity contribution in [3.05, 3.63) is 29.8 Å². The van der Waals surface area contributed by atoms with Crippen LogP contribution in [-0.4, -0.2) is 13.4 Å². The van der Waals surface area contributed by atoms with E-state index in [0.29, 0.717) is 5.92 Å². The summed E-state index contributed by atoms with van der Waals surface area (Å²) in [6.45, 7) is 0. The van der Waals surface area contributed by atoms with E-state index in [2.05, 4.69) is 0 Å². The highest BCUT2D eigenvalue weighted by Gasteiger charge is 2.28. The van der Waals surface area contributed by atoms with Crippen molar-refractivity contribution in [3.8, 4) is 5.75 Å². The highest BCUT2D eigenvalue weighted by molar-refractivity contribution is 5.63. The van der Waals surface area contributed by atoms with E-state index in [9.17, 15) is 4.79 Å². The summed E-state index contributed by atoms with van der Waals surface area (Å²) in [4.78, 5) is 11.1. The van der Waals surface area contributed by atoms with Crippen LogP contribution in [0.2, 0.25) is 0 Å². The average molecular weight is 204 g/mol. The first kappa shape index (κ1) is 10.2. The Morgan fingerprint density at radius 3 is 2.80 bits per heavy atom. The summed E-state index contributed by atoms with van der Waals surface area (Å²) in [5.74, 6) is 1.45. The minimum Gasteiger partial charge on any atom is -0.497 e. The molecule has 1 aromatic carbocycles. The van der Waals surface area contributed by atoms with Crippen LogP contribution in [0.25, 0.3) is 0 Å². The highest BCUT2D eigenvalue weighted by atomic mass is 16.5. The summed E-state index contributed by atoms with van der Waals surface area (Å²) in [6, 6.07) is 7.84. The molecule has 1 fully saturated rings. The molecule has 1 saturated carbocycles. The molecule has 15 heavy (non-hydrogen) atoms. The molecule has 1 atom stereocenters. The first-order valence-electron chi connectivity index (χ1n) is 5.44. The number of ether oxygens (including phenoxy) is 1. The van der Waals surface area contributed by atoms with Crippen LogP contribution in [0, 0.1) is 5.92 Å². The highest BCUT2D eigenvalue weighted by Crippen LogP contribution is 2.38. The zero-order valence-electron chi connectivity index (χ0n) is 8.98. The van der Waals surface area contributed by atoms with Crippen LogP contribution in [0.1, 0.15) is 30.7 Å². The van der Waals surface area contributed by atoms with Gasteiger partial charge in [-0.15, -0.1) is 0 Å². The minimum absolute atomic E-state index is 0.0637. The van der Waals surface area contributed by atoms with Gasteiger partial charge in [0, 0.05) is 5.92 Å². The summed E-state index contributed by atoms with van der Waals surface area (Å²) >= 11 is 0. The molecular weight excluding hydrogens is 188 g/mol. The van der Waals surface area contributed by atoms with Crippen molar-refractivity contribution in [2.45, 2.75) is 25.2 Å². The molecule has 1 aliphatic rings. The second-order valence-electron chi connectivity index (χ2n) is 4.13. The van der Waals surface area contributed by atoms with Crippen LogP contribution < -0.4 is 4.74 Å². The lowest BCUT2D eigenvalue weighted by atomic mass is 9.74. The summed E-state index contributed by atoms with van der Waals surface area (Å²) in [5.41, 5.74) is 1.09. The molecular formula is C13H16O2. The molecule has 0 N–H and O–H groups in total. The lowest BCUT2D eigenvalue weighted by Crippen LogP contribution is -2.21. The van der Waals surface area contributed by atoms with Crippen LogP contribution >= 0.6 is 0 Å². The number of aldehydes is 1. The Balaban J connectivity index is 2.21. The Morgan fingerprint density at radius 2 is 2.27 bits per heavy atom. The maximum atomic E-state index is 11.1. The SMILES string of the molecule is COc1cccc(C(C=O)C2CCC2)c1. The van der Waals surface area contributed by atoms with Crippen LogP contribution in [-0.2, 0) is 4.79 Å². The molecule has 80 valence electrons. The third kappa shape index (κ3) is 2.04. The molecule has 0 bridgehead atoms. The van der Waals surface area contributed by atoms with Crippen molar-refractivity contribution in [3.63, 3.8) is 0 Å². The lowest BCUT2D eigenvalue weighted by Gasteiger charge is -2.30. The summed E-state index contributed by atoms with van der Waals surface area (Å²) in [6.07, 6.45) is 4.71. The normalized spacial score (nSPS) is 17.9. The number of hydrogen-bond acceptors (Lipinski definition) is 2. The molecule has 2 rings (SSSR count). The van der Waals surface area contributed by atoms with E-state index in [1.807, 2.05) is 24.3 Å². The second-order valence-corrected chi connectivity index (χ2v) is 4.13. The number of hydrogen-bond donors (Lipinski definition) is 0. The van der Waals surface area contributed by atoms with E-state index in [1.165, 1.54) is 19.3 Å². The number of rotatable bonds is 4. The van der Waals surface area contributed by atoms with E-state index in [0.717, 1.165) is 17.6 Å². The van der Waals surface area contributed by atoms with Gasteiger partial charge in [-0.3, -0.25) is 0 Å². The van der Waals surface area contributed by atoms with Gasteiger partial charge in [0.2, 0.25) is 0 Å². The first-order valence-corrected chi connectivity index (χ1v) is 5.44. The zero-order chi connectivity index (χ0) is 10.7. The van der Waals surface area contributed by atoms with Crippen LogP contribution in [0.3, 0.4) is 0 Å². The second kappa shape index (κ2) is 4.47. The average Bonchev–Trinajstić information content (AvgIpc) is 2.23. The topological polar surface area (TPSA) is 26.3 Å². The molecule has 1 aromatic rings. The minimum atomic E-state index is 0.0637. The molecule has 0 amide bonds. The molecule has 2 heteroatoms. The van der Waals surface area contributed by atoms with E-state index in [-0.39, 0.29) is 5.92 Å². The largest absolute Gasteiger partial charge is 0.497 e. The van der Waals surface area contributed by atoms with Gasteiger partial charge in [0.15, 0.2) is 0 Å². The van der Waals surface area contributed by atoms with Gasteiger partial charge in [-0.1, -0.05) is 18.6 Å². The van der Waals surface area contributed by atoms with Gasteiger partial charge >= 0.3 is 0 Å². The molecule has 0 aromatic heterocycles. The van der Waals surface area contributed by atoms with Gasteiger partial charge in [-0.2, -0.15) is 0 Å². The van der Waals surface area contributed by atoms with Crippen molar-refractivity contribution in [2.75, 3.05) is 7.11 Å². The fourth-order valence-electron chi connectivity index (χ4n) is 2.11. The summed E-state index contributed by atoms with van der Waals surface area (Å²) < 4.78 is 5.16. The fraction of sp³-hybridized carbons (Fsp3) is 0.462. The Labute approximate surface area is 90.3 Å². The third-order valence-electron chi connectivity index (χ3n) is 3.28. The quantitative estimate of drug-likeness (QED) is 0.705. The van der Waals surface area contributed by atoms with Gasteiger partial charge in [0.05, 0.1) is 7.11 Å². The monoisotopic (exact) mass is 204 g/mol. The maximum absolute atomic E-state index is 11.1. The summed E-state index contributed by atoms with van der Waals surface area (Å²) in [5, 5.41) is 0. The van der Waals surface area contributed by atoms with Crippen molar-refractivity contribution in [2.24, 2.45) is 5.92 Å².